The Balaban J connectivity index is 1.66. The van der Waals surface area contributed by atoms with Crippen LogP contribution in [0.5, 0.6) is 0 Å². The number of thiol groups is 1. The third-order valence-corrected chi connectivity index (χ3v) is 5.35. The maximum absolute atomic E-state index is 13.1. The van der Waals surface area contributed by atoms with Crippen LogP contribution in [0.15, 0.2) is 0 Å². The van der Waals surface area contributed by atoms with E-state index in [1.807, 2.05) is 0 Å². The third kappa shape index (κ3) is 2.67. The Morgan fingerprint density at radius 1 is 1.29 bits per heavy atom. The smallest absolute Gasteiger partial charge is 0.458 e. The first-order valence-electron chi connectivity index (χ1n) is 7.09. The molecular formula is C13H18F2O5S. The summed E-state index contributed by atoms with van der Waals surface area (Å²) in [4.78, 5) is 14.8. The van der Waals surface area contributed by atoms with Gasteiger partial charge in [0, 0.05) is 18.3 Å². The number of alkyl halides is 2. The molecule has 4 saturated carbocycles. The highest BCUT2D eigenvalue weighted by atomic mass is 32.1. The van der Waals surface area contributed by atoms with E-state index in [9.17, 15) is 18.7 Å². The summed E-state index contributed by atoms with van der Waals surface area (Å²) in [6.07, 6.45) is -0.233. The van der Waals surface area contributed by atoms with E-state index in [-0.39, 0.29) is 12.5 Å². The molecule has 5 nitrogen and oxygen atoms in total. The fraction of sp³-hybridized carbons (Fsp3) is 0.923. The molecule has 0 heterocycles. The molecule has 0 saturated heterocycles. The van der Waals surface area contributed by atoms with Crippen molar-refractivity contribution in [1.82, 2.24) is 0 Å². The van der Waals surface area contributed by atoms with Gasteiger partial charge < -0.3 is 9.84 Å². The molecule has 4 aliphatic carbocycles. The minimum atomic E-state index is -4.20. The molecule has 4 fully saturated rings. The summed E-state index contributed by atoms with van der Waals surface area (Å²) in [5.41, 5.74) is -0.581. The van der Waals surface area contributed by atoms with E-state index < -0.39 is 23.6 Å². The number of hydrogen-bond acceptors (Lipinski definition) is 6. The first-order valence-corrected chi connectivity index (χ1v) is 7.45. The first-order chi connectivity index (χ1) is 9.86. The van der Waals surface area contributed by atoms with Crippen molar-refractivity contribution in [2.24, 2.45) is 23.2 Å². The summed E-state index contributed by atoms with van der Waals surface area (Å²) in [5.74, 6) is -0.615. The van der Waals surface area contributed by atoms with Gasteiger partial charge in [-0.1, -0.05) is 0 Å². The number of aliphatic hydroxyl groups excluding tert-OH is 1. The highest BCUT2D eigenvalue weighted by Crippen LogP contribution is 2.60. The maximum Gasteiger partial charge on any atom is 0.483 e. The largest absolute Gasteiger partial charge is 0.483 e. The molecule has 3 unspecified atom stereocenters. The summed E-state index contributed by atoms with van der Waals surface area (Å²) in [7, 11) is 0. The molecule has 0 amide bonds. The van der Waals surface area contributed by atoms with Crippen LogP contribution in [0.1, 0.15) is 32.1 Å². The van der Waals surface area contributed by atoms with E-state index in [0.29, 0.717) is 11.8 Å². The minimum Gasteiger partial charge on any atom is -0.458 e. The average Bonchev–Trinajstić information content (AvgIpc) is 2.41. The number of halogens is 2. The summed E-state index contributed by atoms with van der Waals surface area (Å²) in [6, 6.07) is 0. The zero-order valence-electron chi connectivity index (χ0n) is 11.3. The van der Waals surface area contributed by atoms with Gasteiger partial charge in [-0.25, -0.2) is 4.79 Å². The fourth-order valence-electron chi connectivity index (χ4n) is 4.76. The molecule has 4 rings (SSSR count). The lowest BCUT2D eigenvalue weighted by molar-refractivity contribution is -0.370. The zero-order valence-corrected chi connectivity index (χ0v) is 12.2. The van der Waals surface area contributed by atoms with Crippen LogP contribution in [-0.4, -0.2) is 29.9 Å². The lowest BCUT2D eigenvalue weighted by Crippen LogP contribution is -2.58. The Morgan fingerprint density at radius 2 is 1.90 bits per heavy atom. The van der Waals surface area contributed by atoms with Gasteiger partial charge in [0.1, 0.15) is 0 Å². The number of carbonyl (C=O) groups is 1. The Kier molecular flexibility index (Phi) is 3.92. The molecule has 8 heteroatoms. The average molecular weight is 324 g/mol. The van der Waals surface area contributed by atoms with Gasteiger partial charge in [0.05, 0.1) is 12.7 Å². The molecule has 0 aliphatic heterocycles. The molecule has 0 radical (unpaired) electrons. The van der Waals surface area contributed by atoms with Crippen molar-refractivity contribution in [2.75, 3.05) is 6.61 Å². The van der Waals surface area contributed by atoms with Gasteiger partial charge >= 0.3 is 12.1 Å². The predicted molar refractivity (Wildman–Crippen MR) is 69.1 cm³/mol. The zero-order chi connectivity index (χ0) is 15.3. The molecule has 0 aromatic carbocycles. The molecule has 0 spiro atoms. The second-order valence-electron chi connectivity index (χ2n) is 6.67. The van der Waals surface area contributed by atoms with Gasteiger partial charge in [-0.15, -0.1) is 4.89 Å². The number of aliphatic hydroxyl groups is 1. The van der Waals surface area contributed by atoms with Crippen LogP contribution in [0.4, 0.5) is 8.78 Å². The molecule has 0 aromatic heterocycles. The summed E-state index contributed by atoms with van der Waals surface area (Å²) >= 11 is 3.02. The normalized spacial score (nSPS) is 41.3. The SMILES string of the molecule is O=C(OCC12CC3CC(CC(C3)C1O)C2)C(F)(F)OOS. The molecule has 0 aromatic rings. The molecule has 4 bridgehead atoms. The van der Waals surface area contributed by atoms with E-state index in [1.165, 1.54) is 0 Å². The van der Waals surface area contributed by atoms with Crippen LogP contribution >= 0.6 is 12.9 Å². The van der Waals surface area contributed by atoms with Crippen molar-refractivity contribution in [1.29, 1.82) is 0 Å². The lowest BCUT2D eigenvalue weighted by Gasteiger charge is -2.59. The molecule has 120 valence electrons. The lowest BCUT2D eigenvalue weighted by atomic mass is 9.48. The van der Waals surface area contributed by atoms with E-state index in [1.54, 1.807) is 0 Å². The van der Waals surface area contributed by atoms with Crippen molar-refractivity contribution in [3.8, 4) is 0 Å². The van der Waals surface area contributed by atoms with Crippen molar-refractivity contribution < 1.29 is 32.6 Å². The van der Waals surface area contributed by atoms with Crippen LogP contribution in [0.3, 0.4) is 0 Å². The van der Waals surface area contributed by atoms with Gasteiger partial charge in [0.2, 0.25) is 0 Å². The molecule has 3 atom stereocenters. The van der Waals surface area contributed by atoms with Crippen LogP contribution in [0, 0.1) is 23.2 Å². The Morgan fingerprint density at radius 3 is 2.48 bits per heavy atom. The fourth-order valence-corrected chi connectivity index (χ4v) is 4.85. The van der Waals surface area contributed by atoms with Crippen molar-refractivity contribution >= 4 is 18.9 Å². The molecule has 1 N–H and O–H groups in total. The molecule has 21 heavy (non-hydrogen) atoms. The van der Waals surface area contributed by atoms with Gasteiger partial charge in [-0.2, -0.15) is 13.1 Å². The standard InChI is InChI=1S/C13H18F2O5S/c14-13(15,19-20-21)11(17)18-6-12-4-7-1-8(5-12)3-9(2-7)10(12)16/h7-10,16,21H,1-6H2. The van der Waals surface area contributed by atoms with Crippen LogP contribution in [0.25, 0.3) is 0 Å². The quantitative estimate of drug-likeness (QED) is 0.267. The van der Waals surface area contributed by atoms with Gasteiger partial charge in [-0.05, 0) is 49.9 Å². The molecular weight excluding hydrogens is 306 g/mol. The Bertz CT molecular complexity index is 419. The maximum atomic E-state index is 13.1. The number of esters is 1. The van der Waals surface area contributed by atoms with Crippen LogP contribution in [-0.2, 0) is 18.8 Å². The number of rotatable bonds is 5. The summed E-state index contributed by atoms with van der Waals surface area (Å²) < 4.78 is 34.5. The number of hydrogen-bond donors (Lipinski definition) is 2. The highest BCUT2D eigenvalue weighted by Gasteiger charge is 2.58. The molecule has 4 aliphatic rings. The van der Waals surface area contributed by atoms with Gasteiger partial charge in [0.25, 0.3) is 0 Å². The van der Waals surface area contributed by atoms with Gasteiger partial charge in [0.15, 0.2) is 0 Å². The summed E-state index contributed by atoms with van der Waals surface area (Å²) in [5, 5.41) is 10.4. The van der Waals surface area contributed by atoms with E-state index in [0.717, 1.165) is 32.1 Å². The Hall–Kier alpha value is -0.440. The van der Waals surface area contributed by atoms with Crippen LogP contribution < -0.4 is 0 Å². The van der Waals surface area contributed by atoms with Crippen molar-refractivity contribution in [3.05, 3.63) is 0 Å². The second kappa shape index (κ2) is 5.33. The van der Waals surface area contributed by atoms with Crippen LogP contribution in [0.2, 0.25) is 0 Å². The van der Waals surface area contributed by atoms with E-state index in [2.05, 4.69) is 22.1 Å². The first kappa shape index (κ1) is 15.5. The van der Waals surface area contributed by atoms with E-state index in [4.69, 9.17) is 4.74 Å². The monoisotopic (exact) mass is 324 g/mol. The third-order valence-electron chi connectivity index (χ3n) is 5.27. The number of carbonyl (C=O) groups excluding carboxylic acids is 1. The predicted octanol–water partition coefficient (Wildman–Crippen LogP) is 2.10. The van der Waals surface area contributed by atoms with E-state index >= 15 is 0 Å². The Labute approximate surface area is 126 Å². The van der Waals surface area contributed by atoms with Crippen molar-refractivity contribution in [3.63, 3.8) is 0 Å². The van der Waals surface area contributed by atoms with Crippen molar-refractivity contribution in [2.45, 2.75) is 44.3 Å². The highest BCUT2D eigenvalue weighted by molar-refractivity contribution is 7.74. The number of ether oxygens (including phenoxy) is 1. The van der Waals surface area contributed by atoms with Gasteiger partial charge in [-0.3, -0.25) is 0 Å². The minimum absolute atomic E-state index is 0.201. The topological polar surface area (TPSA) is 65.0 Å². The second-order valence-corrected chi connectivity index (χ2v) is 6.81. The summed E-state index contributed by atoms with van der Waals surface area (Å²) in [6.45, 7) is -0.206.